The molecule has 1 saturated carbocycles. The summed E-state index contributed by atoms with van der Waals surface area (Å²) in [4.78, 5) is 25.5. The van der Waals surface area contributed by atoms with Crippen molar-refractivity contribution >= 4 is 29.1 Å². The van der Waals surface area contributed by atoms with Crippen molar-refractivity contribution in [3.8, 4) is 5.75 Å². The molecule has 2 aromatic rings. The molecule has 154 valence electrons. The first-order valence-electron chi connectivity index (χ1n) is 10.1. The molecule has 0 saturated heterocycles. The Hall–Kier alpha value is -2.53. The summed E-state index contributed by atoms with van der Waals surface area (Å²) in [6, 6.07) is 13.5. The van der Waals surface area contributed by atoms with Gasteiger partial charge in [-0.2, -0.15) is 0 Å². The van der Waals surface area contributed by atoms with Crippen molar-refractivity contribution in [2.24, 2.45) is 5.92 Å². The minimum absolute atomic E-state index is 0.0978. The van der Waals surface area contributed by atoms with Crippen LogP contribution in [-0.4, -0.2) is 24.0 Å². The van der Waals surface area contributed by atoms with Crippen LogP contribution >= 0.6 is 11.6 Å². The van der Waals surface area contributed by atoms with Crippen molar-refractivity contribution in [3.63, 3.8) is 0 Å². The molecule has 5 nitrogen and oxygen atoms in total. The van der Waals surface area contributed by atoms with Gasteiger partial charge in [0.25, 0.3) is 5.91 Å². The van der Waals surface area contributed by atoms with Gasteiger partial charge in [0, 0.05) is 11.8 Å². The minimum Gasteiger partial charge on any atom is -0.490 e. The Kier molecular flexibility index (Phi) is 7.15. The summed E-state index contributed by atoms with van der Waals surface area (Å²) in [7, 11) is 0. The topological polar surface area (TPSA) is 67.4 Å². The molecule has 0 bridgehead atoms. The van der Waals surface area contributed by atoms with Crippen molar-refractivity contribution in [2.45, 2.75) is 51.7 Å². The zero-order valence-electron chi connectivity index (χ0n) is 16.8. The van der Waals surface area contributed by atoms with Gasteiger partial charge in [-0.3, -0.25) is 9.59 Å². The summed E-state index contributed by atoms with van der Waals surface area (Å²) >= 11 is 6.10. The van der Waals surface area contributed by atoms with E-state index in [4.69, 9.17) is 16.3 Å². The average molecular weight is 415 g/mol. The molecule has 6 heteroatoms. The van der Waals surface area contributed by atoms with Crippen LogP contribution in [0.1, 0.15) is 49.9 Å². The Morgan fingerprint density at radius 2 is 1.79 bits per heavy atom. The quantitative estimate of drug-likeness (QED) is 0.665. The van der Waals surface area contributed by atoms with E-state index >= 15 is 0 Å². The van der Waals surface area contributed by atoms with Crippen LogP contribution < -0.4 is 15.4 Å². The van der Waals surface area contributed by atoms with E-state index in [1.165, 1.54) is 12.8 Å². The Morgan fingerprint density at radius 3 is 2.48 bits per heavy atom. The van der Waals surface area contributed by atoms with Gasteiger partial charge < -0.3 is 15.4 Å². The van der Waals surface area contributed by atoms with Crippen LogP contribution in [-0.2, 0) is 4.79 Å². The number of nitrogens with one attached hydrogen (secondary N) is 2. The molecular weight excluding hydrogens is 388 g/mol. The highest BCUT2D eigenvalue weighted by Crippen LogP contribution is 2.26. The first-order chi connectivity index (χ1) is 13.9. The molecule has 0 radical (unpaired) electrons. The van der Waals surface area contributed by atoms with Gasteiger partial charge in [-0.1, -0.05) is 43.6 Å². The van der Waals surface area contributed by atoms with E-state index in [2.05, 4.69) is 10.6 Å². The summed E-state index contributed by atoms with van der Waals surface area (Å²) in [5.74, 6) is -0.00329. The van der Waals surface area contributed by atoms with Crippen LogP contribution in [0.3, 0.4) is 0 Å². The lowest BCUT2D eigenvalue weighted by molar-refractivity contribution is -0.118. The highest BCUT2D eigenvalue weighted by Gasteiger charge is 2.25. The zero-order valence-corrected chi connectivity index (χ0v) is 17.5. The third-order valence-corrected chi connectivity index (χ3v) is 5.39. The Labute approximate surface area is 176 Å². The van der Waals surface area contributed by atoms with E-state index in [0.717, 1.165) is 18.6 Å². The number of carbonyl (C=O) groups excluding carboxylic acids is 2. The second-order valence-corrected chi connectivity index (χ2v) is 8.12. The van der Waals surface area contributed by atoms with Gasteiger partial charge >= 0.3 is 0 Å². The van der Waals surface area contributed by atoms with Crippen molar-refractivity contribution in [2.75, 3.05) is 5.32 Å². The standard InChI is InChI=1S/C23H27ClN2O3/c1-15(2)21(26-22(27)19-12-5-6-13-20(19)24)23(28)25-16-8-7-11-18(14-16)29-17-9-3-4-10-17/h5-8,11-15,17,21H,3-4,9-10H2,1-2H3,(H,25,28)(H,26,27). The van der Waals surface area contributed by atoms with Crippen molar-refractivity contribution < 1.29 is 14.3 Å². The number of hydrogen-bond donors (Lipinski definition) is 2. The fourth-order valence-electron chi connectivity index (χ4n) is 3.47. The lowest BCUT2D eigenvalue weighted by Crippen LogP contribution is -2.47. The summed E-state index contributed by atoms with van der Waals surface area (Å²) in [6.07, 6.45) is 4.78. The molecule has 1 atom stereocenters. The number of hydrogen-bond acceptors (Lipinski definition) is 3. The normalized spacial score (nSPS) is 15.2. The first-order valence-corrected chi connectivity index (χ1v) is 10.4. The molecule has 0 heterocycles. The van der Waals surface area contributed by atoms with Gasteiger partial charge in [0.1, 0.15) is 11.8 Å². The van der Waals surface area contributed by atoms with Gasteiger partial charge in [-0.05, 0) is 55.9 Å². The molecule has 1 unspecified atom stereocenters. The van der Waals surface area contributed by atoms with Gasteiger partial charge in [0.15, 0.2) is 0 Å². The minimum atomic E-state index is -0.696. The number of benzene rings is 2. The van der Waals surface area contributed by atoms with Gasteiger partial charge in [0.2, 0.25) is 5.91 Å². The maximum absolute atomic E-state index is 12.9. The van der Waals surface area contributed by atoms with E-state index in [1.54, 1.807) is 24.3 Å². The lowest BCUT2D eigenvalue weighted by atomic mass is 10.0. The fourth-order valence-corrected chi connectivity index (χ4v) is 3.69. The second-order valence-electron chi connectivity index (χ2n) is 7.72. The maximum Gasteiger partial charge on any atom is 0.253 e. The third-order valence-electron chi connectivity index (χ3n) is 5.06. The summed E-state index contributed by atoms with van der Waals surface area (Å²) in [6.45, 7) is 3.77. The lowest BCUT2D eigenvalue weighted by Gasteiger charge is -2.22. The smallest absolute Gasteiger partial charge is 0.253 e. The Balaban J connectivity index is 1.66. The number of ether oxygens (including phenoxy) is 1. The van der Waals surface area contributed by atoms with Crippen molar-refractivity contribution in [1.82, 2.24) is 5.32 Å². The number of anilines is 1. The molecule has 0 aromatic heterocycles. The van der Waals surface area contributed by atoms with Gasteiger partial charge in [-0.15, -0.1) is 0 Å². The molecule has 0 aliphatic heterocycles. The molecule has 29 heavy (non-hydrogen) atoms. The Bertz CT molecular complexity index is 863. The largest absolute Gasteiger partial charge is 0.490 e. The highest BCUT2D eigenvalue weighted by molar-refractivity contribution is 6.33. The molecule has 3 rings (SSSR count). The predicted molar refractivity (Wildman–Crippen MR) is 115 cm³/mol. The van der Waals surface area contributed by atoms with Gasteiger partial charge in [-0.25, -0.2) is 0 Å². The molecule has 2 aromatic carbocycles. The molecule has 1 fully saturated rings. The SMILES string of the molecule is CC(C)C(NC(=O)c1ccccc1Cl)C(=O)Nc1cccc(OC2CCCC2)c1. The van der Waals surface area contributed by atoms with E-state index in [9.17, 15) is 9.59 Å². The highest BCUT2D eigenvalue weighted by atomic mass is 35.5. The van der Waals surface area contributed by atoms with Crippen LogP contribution in [0.5, 0.6) is 5.75 Å². The predicted octanol–water partition coefficient (Wildman–Crippen LogP) is 5.05. The van der Waals surface area contributed by atoms with E-state index in [-0.39, 0.29) is 23.8 Å². The van der Waals surface area contributed by atoms with E-state index < -0.39 is 6.04 Å². The number of halogens is 1. The molecule has 0 spiro atoms. The van der Waals surface area contributed by atoms with Crippen LogP contribution in [0.2, 0.25) is 5.02 Å². The van der Waals surface area contributed by atoms with E-state index in [0.29, 0.717) is 16.3 Å². The molecule has 1 aliphatic carbocycles. The zero-order chi connectivity index (χ0) is 20.8. The van der Waals surface area contributed by atoms with Crippen LogP contribution in [0.15, 0.2) is 48.5 Å². The molecule has 2 N–H and O–H groups in total. The number of amides is 2. The monoisotopic (exact) mass is 414 g/mol. The van der Waals surface area contributed by atoms with Crippen LogP contribution in [0.4, 0.5) is 5.69 Å². The van der Waals surface area contributed by atoms with Crippen LogP contribution in [0, 0.1) is 5.92 Å². The second kappa shape index (κ2) is 9.79. The summed E-state index contributed by atoms with van der Waals surface area (Å²) < 4.78 is 6.01. The molecule has 2 amide bonds. The molecule has 1 aliphatic rings. The third kappa shape index (κ3) is 5.73. The van der Waals surface area contributed by atoms with Gasteiger partial charge in [0.05, 0.1) is 16.7 Å². The fraction of sp³-hybridized carbons (Fsp3) is 0.391. The van der Waals surface area contributed by atoms with Crippen molar-refractivity contribution in [1.29, 1.82) is 0 Å². The number of rotatable bonds is 7. The average Bonchev–Trinajstić information content (AvgIpc) is 3.19. The number of carbonyl (C=O) groups is 2. The summed E-state index contributed by atoms with van der Waals surface area (Å²) in [5, 5.41) is 6.05. The Morgan fingerprint density at radius 1 is 1.07 bits per heavy atom. The maximum atomic E-state index is 12.9. The van der Waals surface area contributed by atoms with E-state index in [1.807, 2.05) is 38.1 Å². The summed E-state index contributed by atoms with van der Waals surface area (Å²) in [5.41, 5.74) is 0.989. The van der Waals surface area contributed by atoms with Crippen LogP contribution in [0.25, 0.3) is 0 Å². The molecular formula is C23H27ClN2O3. The van der Waals surface area contributed by atoms with Crippen molar-refractivity contribution in [3.05, 3.63) is 59.1 Å². The first kappa shape index (κ1) is 21.2.